The lowest BCUT2D eigenvalue weighted by molar-refractivity contribution is -0.122. The van der Waals surface area contributed by atoms with Crippen LogP contribution in [0.2, 0.25) is 10.0 Å². The van der Waals surface area contributed by atoms with Crippen LogP contribution in [0.3, 0.4) is 0 Å². The summed E-state index contributed by atoms with van der Waals surface area (Å²) in [6.07, 6.45) is 8.19. The standard InChI is InChI=1S/C76H66Cl2F5N21O/c1-101-35-91-64-55(101)17-16-41(60(64)78)63-67-71(100-97-63)94-57(30-90-67)103-22-19-43-49(32-103)74(43,46-9-3-6-12-53(46)82)72(86)76(87,75(47-10-4-7-13-54(47)83)44-20-23-104(33-50(44)75)58-28-88-65-61(95-98-69(65)92-58)37-24-38(79)27-39(80)25-37)59(68(85)105)36-14-15-40(51(77)26-36)62-66-70(99-96-62)93-56(29-89-66)102-21-18-42-48(31-102)73(42,34-84)45-8-2-5-11-52(45)81/h2-17,24-30,35,42-44,48-50,59,72H,18-23,31-34,84,86-87H2,1H3,(H2,85,105)(H,92,95,98)(H,93,96,99)(H,94,97,100)/t42-,43-,44-,48+,49+,50+,59?,72?,73-,74+,75+,76?/m1/s1. The van der Waals surface area contributed by atoms with Gasteiger partial charge in [-0.3, -0.25) is 20.1 Å². The molecule has 3 aliphatic heterocycles. The van der Waals surface area contributed by atoms with Gasteiger partial charge in [-0.1, -0.05) is 89.9 Å². The van der Waals surface area contributed by atoms with Gasteiger partial charge < -0.3 is 42.2 Å². The minimum atomic E-state index is -2.13. The van der Waals surface area contributed by atoms with Gasteiger partial charge in [-0.05, 0) is 126 Å². The van der Waals surface area contributed by atoms with Crippen LogP contribution in [0.5, 0.6) is 0 Å². The van der Waals surface area contributed by atoms with Crippen molar-refractivity contribution >= 4 is 91.1 Å². The Morgan fingerprint density at radius 3 is 1.66 bits per heavy atom. The van der Waals surface area contributed by atoms with Crippen molar-refractivity contribution in [2.75, 3.05) is 60.5 Å². The van der Waals surface area contributed by atoms with Gasteiger partial charge in [-0.2, -0.15) is 15.3 Å². The highest BCUT2D eigenvalue weighted by atomic mass is 35.5. The summed E-state index contributed by atoms with van der Waals surface area (Å²) in [7, 11) is 1.89. The second kappa shape index (κ2) is 23.7. The number of anilines is 3. The summed E-state index contributed by atoms with van der Waals surface area (Å²) >= 11 is 14.6. The molecule has 6 fully saturated rings. The van der Waals surface area contributed by atoms with E-state index >= 15 is 18.0 Å². The minimum absolute atomic E-state index is 0.108. The maximum absolute atomic E-state index is 17.9. The SMILES string of the molecule is Cn1cnc2c(Cl)c(-c3n[nH]c4nc(N5CC[C@@H]6[C@H](C5)[C@]6(c5ccccc5F)C(N)C(N)(C(C(N)=O)c5ccc(-c6n[nH]c7nc(N8CC[C@@H]9[C@H](C8)[C@@]9(CN)c8ccccc8F)cnc67)c(Cl)c5)[C@]5(c6ccccc6F)[C@@H]6CCN(c7cnc8c(-c9cc(F)cc(F)c9)n[nH]c8n7)C[C@@H]65)cnc34)ccc21. The maximum Gasteiger partial charge on any atom is 0.226 e. The van der Waals surface area contributed by atoms with Crippen LogP contribution < -0.4 is 37.6 Å². The van der Waals surface area contributed by atoms with Crippen molar-refractivity contribution in [2.45, 2.75) is 53.0 Å². The fraction of sp³-hybridized carbons (Fsp3) is 0.303. The van der Waals surface area contributed by atoms with Crippen LogP contribution in [0.1, 0.15) is 47.4 Å². The van der Waals surface area contributed by atoms with Gasteiger partial charge in [-0.25, -0.2) is 56.8 Å². The van der Waals surface area contributed by atoms with Crippen LogP contribution in [-0.2, 0) is 28.1 Å². The Labute approximate surface area is 605 Å². The predicted molar refractivity (Wildman–Crippen MR) is 387 cm³/mol. The van der Waals surface area contributed by atoms with E-state index in [2.05, 4.69) is 40.3 Å². The molecule has 6 aliphatic rings. The van der Waals surface area contributed by atoms with Gasteiger partial charge in [0, 0.05) is 97.9 Å². The van der Waals surface area contributed by atoms with E-state index in [-0.39, 0.29) is 80.8 Å². The van der Waals surface area contributed by atoms with Gasteiger partial charge in [0.1, 0.15) is 85.7 Å². The lowest BCUT2D eigenvalue weighted by Gasteiger charge is -2.52. The number of piperidine rings is 3. The second-order valence-electron chi connectivity index (χ2n) is 29.1. The molecule has 13 aromatic rings. The van der Waals surface area contributed by atoms with Gasteiger partial charge in [0.15, 0.2) is 16.9 Å². The highest BCUT2D eigenvalue weighted by molar-refractivity contribution is 6.38. The zero-order valence-corrected chi connectivity index (χ0v) is 57.7. The van der Waals surface area contributed by atoms with Crippen LogP contribution in [0.25, 0.3) is 78.3 Å². The van der Waals surface area contributed by atoms with Gasteiger partial charge in [0.05, 0.1) is 51.9 Å². The molecule has 6 aromatic carbocycles. The number of carbonyl (C=O) groups excluding carboxylic acids is 1. The zero-order valence-electron chi connectivity index (χ0n) is 56.2. The number of hydrogen-bond donors (Lipinski definition) is 7. The van der Waals surface area contributed by atoms with Crippen LogP contribution >= 0.6 is 23.2 Å². The average molecular weight is 1460 g/mol. The predicted octanol–water partition coefficient (Wildman–Crippen LogP) is 10.7. The summed E-state index contributed by atoms with van der Waals surface area (Å²) in [6, 6.07) is 30.2. The van der Waals surface area contributed by atoms with E-state index in [1.54, 1.807) is 85.6 Å². The van der Waals surface area contributed by atoms with E-state index in [9.17, 15) is 8.78 Å². The maximum atomic E-state index is 17.9. The summed E-state index contributed by atoms with van der Waals surface area (Å²) in [4.78, 5) is 56.0. The molecule has 29 heteroatoms. The van der Waals surface area contributed by atoms with Crippen molar-refractivity contribution in [3.8, 4) is 33.8 Å². The number of aromatic nitrogens is 14. The second-order valence-corrected chi connectivity index (χ2v) is 29.9. The largest absolute Gasteiger partial charge is 0.369 e. The highest BCUT2D eigenvalue weighted by Crippen LogP contribution is 2.76. The fourth-order valence-corrected chi connectivity index (χ4v) is 20.6. The number of aromatic amines is 3. The third kappa shape index (κ3) is 9.39. The molecule has 105 heavy (non-hydrogen) atoms. The molecular formula is C76H66Cl2F5N21O. The number of H-pyrrole nitrogens is 3. The van der Waals surface area contributed by atoms with E-state index in [1.807, 2.05) is 40.8 Å². The first-order valence-electron chi connectivity index (χ1n) is 34.9. The number of aryl methyl sites for hydroxylation is 1. The Balaban J connectivity index is 0.712. The number of nitrogens with zero attached hydrogens (tertiary/aromatic N) is 14. The number of rotatable bonds is 16. The summed E-state index contributed by atoms with van der Waals surface area (Å²) in [6.45, 7) is 2.78. The average Bonchev–Trinajstić information content (AvgIpc) is 1.45. The molecule has 22 nitrogen and oxygen atoms in total. The molecule has 530 valence electrons. The number of hydrogen-bond acceptors (Lipinski definition) is 17. The number of nitrogens with two attached hydrogens (primary N) is 4. The van der Waals surface area contributed by atoms with Gasteiger partial charge >= 0.3 is 0 Å². The summed E-state index contributed by atoms with van der Waals surface area (Å²) in [5.41, 5.74) is 32.3. The van der Waals surface area contributed by atoms with Crippen LogP contribution in [0.4, 0.5) is 39.4 Å². The molecule has 0 radical (unpaired) electrons. The topological polar surface area (TPSA) is 312 Å². The van der Waals surface area contributed by atoms with E-state index in [4.69, 9.17) is 81.1 Å². The normalized spacial score (nSPS) is 25.1. The minimum Gasteiger partial charge on any atom is -0.369 e. The lowest BCUT2D eigenvalue weighted by atomic mass is 9.56. The van der Waals surface area contributed by atoms with E-state index in [1.165, 1.54) is 18.2 Å². The molecule has 0 bridgehead atoms. The number of carbonyl (C=O) groups is 1. The van der Waals surface area contributed by atoms with Gasteiger partial charge in [0.25, 0.3) is 0 Å². The molecule has 0 spiro atoms. The first-order chi connectivity index (χ1) is 50.9. The highest BCUT2D eigenvalue weighted by Gasteiger charge is 2.83. The molecule has 3 unspecified atom stereocenters. The van der Waals surface area contributed by atoms with Crippen LogP contribution in [-0.4, -0.2) is 133 Å². The number of nitrogens with one attached hydrogen (secondary N) is 3. The first kappa shape index (κ1) is 65.2. The molecule has 19 rings (SSSR count). The molecule has 7 aromatic heterocycles. The number of fused-ring (bicyclic) bond motifs is 7. The third-order valence-corrected chi connectivity index (χ3v) is 25.4. The van der Waals surface area contributed by atoms with Crippen molar-refractivity contribution in [3.05, 3.63) is 208 Å². The van der Waals surface area contributed by atoms with E-state index < -0.39 is 80.7 Å². The lowest BCUT2D eigenvalue weighted by Crippen LogP contribution is -2.73. The molecule has 3 saturated carbocycles. The quantitative estimate of drug-likeness (QED) is 0.0442. The number of benzene rings is 6. The number of halogens is 7. The Morgan fingerprint density at radius 2 is 1.09 bits per heavy atom. The van der Waals surface area contributed by atoms with Crippen molar-refractivity contribution in [1.82, 2.24) is 70.0 Å². The molecule has 3 saturated heterocycles. The molecule has 10 heterocycles. The van der Waals surface area contributed by atoms with Crippen molar-refractivity contribution in [1.29, 1.82) is 0 Å². The zero-order chi connectivity index (χ0) is 71.9. The molecule has 1 amide bonds. The van der Waals surface area contributed by atoms with Crippen molar-refractivity contribution in [2.24, 2.45) is 65.5 Å². The van der Waals surface area contributed by atoms with Crippen LogP contribution in [0.15, 0.2) is 146 Å². The Kier molecular flexibility index (Phi) is 14.7. The smallest absolute Gasteiger partial charge is 0.226 e. The number of primary amides is 1. The van der Waals surface area contributed by atoms with Crippen molar-refractivity contribution < 1.29 is 26.7 Å². The fourth-order valence-electron chi connectivity index (χ4n) is 20.0. The first-order valence-corrected chi connectivity index (χ1v) is 35.7. The van der Waals surface area contributed by atoms with E-state index in [0.717, 1.165) is 30.1 Å². The van der Waals surface area contributed by atoms with E-state index in [0.29, 0.717) is 124 Å². The summed E-state index contributed by atoms with van der Waals surface area (Å²) in [5, 5.41) is 23.3. The van der Waals surface area contributed by atoms with Gasteiger partial charge in [-0.15, -0.1) is 0 Å². The Bertz CT molecular complexity index is 5740. The molecule has 3 aliphatic carbocycles. The van der Waals surface area contributed by atoms with Crippen molar-refractivity contribution in [3.63, 3.8) is 0 Å². The van der Waals surface area contributed by atoms with Gasteiger partial charge in [0.2, 0.25) is 5.91 Å². The monoisotopic (exact) mass is 1450 g/mol. The molecule has 12 atom stereocenters. The number of imidazole rings is 1. The molecular weight excluding hydrogens is 1390 g/mol. The Hall–Kier alpha value is -10.6. The third-order valence-electron chi connectivity index (χ3n) is 24.7. The number of amides is 1. The summed E-state index contributed by atoms with van der Waals surface area (Å²) in [5.74, 6) is -5.53. The van der Waals surface area contributed by atoms with Crippen LogP contribution in [0, 0.1) is 64.6 Å². The Morgan fingerprint density at radius 1 is 0.581 bits per heavy atom. The molecule has 11 N–H and O–H groups in total. The summed E-state index contributed by atoms with van der Waals surface area (Å²) < 4.78 is 82.0.